The fourth-order valence-electron chi connectivity index (χ4n) is 2.14. The number of ether oxygens (including phenoxy) is 1. The number of benzene rings is 1. The summed E-state index contributed by atoms with van der Waals surface area (Å²) in [6, 6.07) is 5.70. The van der Waals surface area contributed by atoms with Gasteiger partial charge < -0.3 is 20.1 Å². The van der Waals surface area contributed by atoms with Gasteiger partial charge in [-0.2, -0.15) is 5.26 Å². The SMILES string of the molecule is CCc1c(OC[C@](C)(N)C#N)ccc2c1B(O)OC2. The summed E-state index contributed by atoms with van der Waals surface area (Å²) in [5.41, 5.74) is 7.39. The number of nitrogens with two attached hydrogens (primary N) is 1. The van der Waals surface area contributed by atoms with E-state index in [0.29, 0.717) is 18.8 Å². The van der Waals surface area contributed by atoms with Crippen LogP contribution in [0, 0.1) is 11.3 Å². The molecule has 100 valence electrons. The highest BCUT2D eigenvalue weighted by atomic mass is 16.5. The molecule has 5 nitrogen and oxygen atoms in total. The van der Waals surface area contributed by atoms with Crippen LogP contribution >= 0.6 is 0 Å². The van der Waals surface area contributed by atoms with E-state index in [1.807, 2.05) is 25.1 Å². The Kier molecular flexibility index (Phi) is 3.81. The second kappa shape index (κ2) is 5.21. The summed E-state index contributed by atoms with van der Waals surface area (Å²) in [4.78, 5) is 0. The molecule has 0 aromatic heterocycles. The summed E-state index contributed by atoms with van der Waals surface area (Å²) >= 11 is 0. The van der Waals surface area contributed by atoms with Crippen molar-refractivity contribution >= 4 is 12.6 Å². The van der Waals surface area contributed by atoms with Crippen LogP contribution in [0.15, 0.2) is 12.1 Å². The molecule has 1 aliphatic rings. The zero-order valence-corrected chi connectivity index (χ0v) is 11.1. The first kappa shape index (κ1) is 13.9. The van der Waals surface area contributed by atoms with E-state index in [0.717, 1.165) is 16.6 Å². The third-order valence-corrected chi connectivity index (χ3v) is 3.18. The molecule has 3 N–H and O–H groups in total. The van der Waals surface area contributed by atoms with E-state index < -0.39 is 12.7 Å². The lowest BCUT2D eigenvalue weighted by Gasteiger charge is -2.19. The summed E-state index contributed by atoms with van der Waals surface area (Å²) in [6.07, 6.45) is 0.715. The highest BCUT2D eigenvalue weighted by molar-refractivity contribution is 6.62. The van der Waals surface area contributed by atoms with Gasteiger partial charge in [-0.1, -0.05) is 13.0 Å². The molecule has 0 amide bonds. The van der Waals surface area contributed by atoms with E-state index >= 15 is 0 Å². The zero-order chi connectivity index (χ0) is 14.0. The van der Waals surface area contributed by atoms with Gasteiger partial charge >= 0.3 is 7.12 Å². The van der Waals surface area contributed by atoms with Crippen LogP contribution in [-0.2, 0) is 17.7 Å². The molecule has 1 aromatic rings. The lowest BCUT2D eigenvalue weighted by molar-refractivity contribution is 0.262. The van der Waals surface area contributed by atoms with Gasteiger partial charge in [0, 0.05) is 0 Å². The Balaban J connectivity index is 2.28. The fraction of sp³-hybridized carbons (Fsp3) is 0.462. The van der Waals surface area contributed by atoms with Crippen molar-refractivity contribution in [2.45, 2.75) is 32.4 Å². The number of fused-ring (bicyclic) bond motifs is 1. The number of hydrogen-bond donors (Lipinski definition) is 2. The van der Waals surface area contributed by atoms with E-state index in [4.69, 9.17) is 20.4 Å². The van der Waals surface area contributed by atoms with E-state index in [1.165, 1.54) is 0 Å². The van der Waals surface area contributed by atoms with Crippen LogP contribution in [-0.4, -0.2) is 24.3 Å². The van der Waals surface area contributed by atoms with E-state index in [2.05, 4.69) is 0 Å². The second-order valence-corrected chi connectivity index (χ2v) is 4.95. The molecular formula is C13H17BN2O3. The van der Waals surface area contributed by atoms with Gasteiger partial charge in [0.15, 0.2) is 0 Å². The standard InChI is InChI=1S/C13H17BN2O3/c1-3-10-11(18-8-13(2,16)7-15)5-4-9-6-19-14(17)12(9)10/h4-5,17H,3,6,8,16H2,1-2H3/t13-/m1/s1. The van der Waals surface area contributed by atoms with Gasteiger partial charge in [0.05, 0.1) is 12.7 Å². The van der Waals surface area contributed by atoms with Gasteiger partial charge in [-0.05, 0) is 36.0 Å². The molecule has 0 spiro atoms. The van der Waals surface area contributed by atoms with Crippen LogP contribution in [0.2, 0.25) is 0 Å². The molecule has 19 heavy (non-hydrogen) atoms. The van der Waals surface area contributed by atoms with Crippen molar-refractivity contribution in [3.05, 3.63) is 23.3 Å². The van der Waals surface area contributed by atoms with Crippen molar-refractivity contribution in [2.24, 2.45) is 5.73 Å². The zero-order valence-electron chi connectivity index (χ0n) is 11.1. The minimum atomic E-state index is -1.03. The normalized spacial score (nSPS) is 16.7. The lowest BCUT2D eigenvalue weighted by atomic mass is 9.75. The van der Waals surface area contributed by atoms with Crippen molar-refractivity contribution in [2.75, 3.05) is 6.61 Å². The summed E-state index contributed by atoms with van der Waals surface area (Å²) < 4.78 is 10.9. The Morgan fingerprint density at radius 2 is 2.37 bits per heavy atom. The first-order valence-electron chi connectivity index (χ1n) is 6.25. The minimum Gasteiger partial charge on any atom is -0.490 e. The maximum absolute atomic E-state index is 9.84. The molecule has 0 fully saturated rings. The number of rotatable bonds is 4. The minimum absolute atomic E-state index is 0.103. The summed E-state index contributed by atoms with van der Waals surface area (Å²) in [7, 11) is -0.895. The lowest BCUT2D eigenvalue weighted by Crippen LogP contribution is -2.41. The quantitative estimate of drug-likeness (QED) is 0.749. The maximum Gasteiger partial charge on any atom is 0.492 e. The van der Waals surface area contributed by atoms with Crippen LogP contribution in [0.5, 0.6) is 5.75 Å². The van der Waals surface area contributed by atoms with Crippen molar-refractivity contribution < 1.29 is 14.4 Å². The molecule has 1 aliphatic heterocycles. The Morgan fingerprint density at radius 3 is 3.00 bits per heavy atom. The summed E-state index contributed by atoms with van der Waals surface area (Å²) in [5, 5.41) is 18.7. The van der Waals surface area contributed by atoms with Crippen LogP contribution in [0.4, 0.5) is 0 Å². The van der Waals surface area contributed by atoms with E-state index in [9.17, 15) is 5.02 Å². The molecule has 1 aromatic carbocycles. The average molecular weight is 260 g/mol. The second-order valence-electron chi connectivity index (χ2n) is 4.95. The van der Waals surface area contributed by atoms with E-state index in [1.54, 1.807) is 6.92 Å². The molecular weight excluding hydrogens is 243 g/mol. The Bertz CT molecular complexity index is 525. The number of hydrogen-bond acceptors (Lipinski definition) is 5. The predicted molar refractivity (Wildman–Crippen MR) is 71.9 cm³/mol. The van der Waals surface area contributed by atoms with Crippen LogP contribution in [0.25, 0.3) is 0 Å². The third-order valence-electron chi connectivity index (χ3n) is 3.18. The van der Waals surface area contributed by atoms with Gasteiger partial charge in [0.1, 0.15) is 17.9 Å². The molecule has 0 bridgehead atoms. The van der Waals surface area contributed by atoms with Crippen LogP contribution < -0.4 is 15.9 Å². The maximum atomic E-state index is 9.84. The van der Waals surface area contributed by atoms with Gasteiger partial charge in [-0.15, -0.1) is 0 Å². The van der Waals surface area contributed by atoms with E-state index in [-0.39, 0.29) is 6.61 Å². The molecule has 0 radical (unpaired) electrons. The first-order valence-corrected chi connectivity index (χ1v) is 6.25. The molecule has 1 atom stereocenters. The van der Waals surface area contributed by atoms with Gasteiger partial charge in [0.25, 0.3) is 0 Å². The molecule has 0 saturated carbocycles. The summed E-state index contributed by atoms with van der Waals surface area (Å²) in [5.74, 6) is 0.651. The van der Waals surface area contributed by atoms with Crippen molar-refractivity contribution in [1.82, 2.24) is 0 Å². The molecule has 6 heteroatoms. The highest BCUT2D eigenvalue weighted by Gasteiger charge is 2.31. The fourth-order valence-corrected chi connectivity index (χ4v) is 2.14. The molecule has 0 unspecified atom stereocenters. The van der Waals surface area contributed by atoms with Gasteiger partial charge in [-0.3, -0.25) is 0 Å². The predicted octanol–water partition coefficient (Wildman–Crippen LogP) is 0.0865. The summed E-state index contributed by atoms with van der Waals surface area (Å²) in [6.45, 7) is 4.12. The topological polar surface area (TPSA) is 88.5 Å². The number of nitriles is 1. The Hall–Kier alpha value is -1.55. The van der Waals surface area contributed by atoms with Gasteiger partial charge in [-0.25, -0.2) is 0 Å². The molecule has 0 aliphatic carbocycles. The Labute approximate surface area is 113 Å². The van der Waals surface area contributed by atoms with Crippen molar-refractivity contribution in [3.8, 4) is 11.8 Å². The molecule has 1 heterocycles. The van der Waals surface area contributed by atoms with Crippen molar-refractivity contribution in [1.29, 1.82) is 5.26 Å². The number of nitrogens with zero attached hydrogens (tertiary/aromatic N) is 1. The van der Waals surface area contributed by atoms with Crippen LogP contribution in [0.1, 0.15) is 25.0 Å². The smallest absolute Gasteiger partial charge is 0.490 e. The molecule has 2 rings (SSSR count). The van der Waals surface area contributed by atoms with Gasteiger partial charge in [0.2, 0.25) is 0 Å². The van der Waals surface area contributed by atoms with Crippen LogP contribution in [0.3, 0.4) is 0 Å². The first-order chi connectivity index (χ1) is 8.98. The largest absolute Gasteiger partial charge is 0.492 e. The third kappa shape index (κ3) is 2.74. The highest BCUT2D eigenvalue weighted by Crippen LogP contribution is 2.24. The average Bonchev–Trinajstić information content (AvgIpc) is 2.78. The monoisotopic (exact) mass is 260 g/mol. The Morgan fingerprint density at radius 1 is 1.63 bits per heavy atom. The molecule has 0 saturated heterocycles. The van der Waals surface area contributed by atoms with Crippen molar-refractivity contribution in [3.63, 3.8) is 0 Å².